The Morgan fingerprint density at radius 1 is 1.40 bits per heavy atom. The number of likely N-dealkylation sites (N-methyl/N-ethyl adjacent to an activating group) is 1. The van der Waals surface area contributed by atoms with Gasteiger partial charge >= 0.3 is 13.2 Å². The van der Waals surface area contributed by atoms with E-state index in [1.165, 1.54) is 11.0 Å². The van der Waals surface area contributed by atoms with Crippen LogP contribution in [0.2, 0.25) is 0 Å². The average molecular weight is 285 g/mol. The van der Waals surface area contributed by atoms with Gasteiger partial charge in [0.2, 0.25) is 0 Å². The molecule has 1 unspecified atom stereocenters. The van der Waals surface area contributed by atoms with Crippen LogP contribution < -0.4 is 0 Å². The molecule has 0 N–H and O–H groups in total. The van der Waals surface area contributed by atoms with Gasteiger partial charge in [-0.1, -0.05) is 0 Å². The van der Waals surface area contributed by atoms with Gasteiger partial charge in [-0.2, -0.15) is 0 Å². The largest absolute Gasteiger partial charge is 0.525 e. The molecule has 112 valence electrons. The van der Waals surface area contributed by atoms with E-state index in [4.69, 9.17) is 14.0 Å². The van der Waals surface area contributed by atoms with Crippen LogP contribution in [0.5, 0.6) is 0 Å². The third kappa shape index (κ3) is 2.69. The van der Waals surface area contributed by atoms with Crippen LogP contribution in [0, 0.1) is 0 Å². The summed E-state index contributed by atoms with van der Waals surface area (Å²) in [6.07, 6.45) is 0.243. The molecule has 0 aromatic heterocycles. The zero-order valence-electron chi connectivity index (χ0n) is 12.6. The highest BCUT2D eigenvalue weighted by Gasteiger charge is 2.53. The van der Waals surface area contributed by atoms with Crippen LogP contribution in [0.15, 0.2) is 11.8 Å². The molecule has 2 rings (SSSR count). The predicted molar refractivity (Wildman–Crippen MR) is 72.8 cm³/mol. The van der Waals surface area contributed by atoms with Crippen LogP contribution in [0.3, 0.4) is 0 Å². The third-order valence-electron chi connectivity index (χ3n) is 4.12. The van der Waals surface area contributed by atoms with Crippen LogP contribution in [0.1, 0.15) is 34.6 Å². The maximum atomic E-state index is 14.2. The Morgan fingerprint density at radius 3 is 2.40 bits per heavy atom. The monoisotopic (exact) mass is 285 g/mol. The normalized spacial score (nSPS) is 29.0. The van der Waals surface area contributed by atoms with Crippen LogP contribution in [-0.2, 0) is 14.0 Å². The van der Waals surface area contributed by atoms with Gasteiger partial charge in [0.15, 0.2) is 0 Å². The number of rotatable bonds is 3. The molecule has 1 atom stereocenters. The van der Waals surface area contributed by atoms with Gasteiger partial charge in [-0.15, -0.1) is 0 Å². The lowest BCUT2D eigenvalue weighted by atomic mass is 9.87. The van der Waals surface area contributed by atoms with E-state index < -0.39 is 36.2 Å². The number of ether oxygens (including phenoxy) is 1. The van der Waals surface area contributed by atoms with Crippen LogP contribution in [0.4, 0.5) is 9.18 Å². The molecule has 2 aliphatic heterocycles. The van der Waals surface area contributed by atoms with Gasteiger partial charge in [0, 0.05) is 6.54 Å². The van der Waals surface area contributed by atoms with Crippen molar-refractivity contribution in [3.63, 3.8) is 0 Å². The van der Waals surface area contributed by atoms with Crippen molar-refractivity contribution in [2.45, 2.75) is 51.9 Å². The van der Waals surface area contributed by atoms with E-state index in [0.717, 1.165) is 0 Å². The second kappa shape index (κ2) is 5.04. The fourth-order valence-corrected chi connectivity index (χ4v) is 2.09. The maximum Gasteiger partial charge on any atom is 0.525 e. The number of nitrogens with zero attached hydrogens (tertiary/aromatic N) is 1. The summed E-state index contributed by atoms with van der Waals surface area (Å²) < 4.78 is 30.5. The quantitative estimate of drug-likeness (QED) is 0.747. The van der Waals surface area contributed by atoms with E-state index in [0.29, 0.717) is 13.1 Å². The first-order valence-electron chi connectivity index (χ1n) is 6.84. The summed E-state index contributed by atoms with van der Waals surface area (Å²) in [5.74, 6) is 0. The van der Waals surface area contributed by atoms with Crippen molar-refractivity contribution >= 4 is 13.2 Å². The molecule has 0 aromatic carbocycles. The molecule has 0 bridgehead atoms. The molecule has 2 aliphatic rings. The molecule has 5 nitrogen and oxygen atoms in total. The van der Waals surface area contributed by atoms with E-state index in [-0.39, 0.29) is 0 Å². The smallest absolute Gasteiger partial charge is 0.440 e. The summed E-state index contributed by atoms with van der Waals surface area (Å²) in [7, 11) is -1.05. The number of halogens is 1. The van der Waals surface area contributed by atoms with Gasteiger partial charge in [-0.3, -0.25) is 0 Å². The van der Waals surface area contributed by atoms with Crippen molar-refractivity contribution in [3.8, 4) is 0 Å². The second-order valence-corrected chi connectivity index (χ2v) is 6.10. The van der Waals surface area contributed by atoms with Crippen molar-refractivity contribution in [1.82, 2.24) is 4.90 Å². The Hall–Kier alpha value is -1.08. The Labute approximate surface area is 119 Å². The first-order valence-corrected chi connectivity index (χ1v) is 6.84. The minimum absolute atomic E-state index is 0.349. The highest BCUT2D eigenvalue weighted by Crippen LogP contribution is 2.38. The number of hydrogen-bond acceptors (Lipinski definition) is 4. The lowest BCUT2D eigenvalue weighted by molar-refractivity contribution is 0.00578. The Bertz CT molecular complexity index is 422. The first-order chi connectivity index (χ1) is 9.16. The van der Waals surface area contributed by atoms with Gasteiger partial charge in [0.1, 0.15) is 11.8 Å². The molecule has 20 heavy (non-hydrogen) atoms. The third-order valence-corrected chi connectivity index (χ3v) is 4.12. The van der Waals surface area contributed by atoms with Crippen molar-refractivity contribution in [1.29, 1.82) is 0 Å². The minimum Gasteiger partial charge on any atom is -0.440 e. The van der Waals surface area contributed by atoms with Crippen LogP contribution >= 0.6 is 0 Å². The number of carbonyl (C=O) groups excluding carboxylic acids is 1. The molecule has 2 heterocycles. The zero-order chi connectivity index (χ0) is 15.1. The highest BCUT2D eigenvalue weighted by molar-refractivity contribution is 6.53. The van der Waals surface area contributed by atoms with E-state index in [1.807, 2.05) is 34.6 Å². The summed E-state index contributed by atoms with van der Waals surface area (Å²) >= 11 is 0. The zero-order valence-corrected chi connectivity index (χ0v) is 12.6. The highest BCUT2D eigenvalue weighted by atomic mass is 19.1. The predicted octanol–water partition coefficient (Wildman–Crippen LogP) is 2.31. The van der Waals surface area contributed by atoms with Crippen LogP contribution in [-0.4, -0.2) is 48.5 Å². The molecule has 2 fully saturated rings. The molecule has 0 aliphatic carbocycles. The van der Waals surface area contributed by atoms with Gasteiger partial charge in [0.05, 0.1) is 17.7 Å². The number of carbonyl (C=O) groups is 1. The van der Waals surface area contributed by atoms with E-state index in [2.05, 4.69) is 0 Å². The number of hydrogen-bond donors (Lipinski definition) is 0. The van der Waals surface area contributed by atoms with Crippen LogP contribution in [0.25, 0.3) is 0 Å². The number of amides is 1. The van der Waals surface area contributed by atoms with Gasteiger partial charge < -0.3 is 18.9 Å². The molecular formula is C13H21BFNO4. The topological polar surface area (TPSA) is 48.0 Å². The molecule has 1 amide bonds. The summed E-state index contributed by atoms with van der Waals surface area (Å²) in [5.41, 5.74) is -1.74. The summed E-state index contributed by atoms with van der Waals surface area (Å²) in [5, 5.41) is 0. The van der Waals surface area contributed by atoms with E-state index in [1.54, 1.807) is 0 Å². The van der Waals surface area contributed by atoms with Gasteiger partial charge in [0.25, 0.3) is 0 Å². The molecular weight excluding hydrogens is 264 g/mol. The maximum absolute atomic E-state index is 14.2. The van der Waals surface area contributed by atoms with E-state index in [9.17, 15) is 9.18 Å². The second-order valence-electron chi connectivity index (χ2n) is 6.10. The Morgan fingerprint density at radius 2 is 1.95 bits per heavy atom. The van der Waals surface area contributed by atoms with Crippen molar-refractivity contribution in [3.05, 3.63) is 11.8 Å². The molecule has 7 heteroatoms. The summed E-state index contributed by atoms with van der Waals surface area (Å²) in [6.45, 7) is 10.2. The standard InChI is InChI=1S/C13H21BFNO4/c1-6-16-8-9(18-11(16)17)7-10(15)14-19-12(2,3)13(4,5)20-14/h7,9H,6,8H2,1-5H3. The molecule has 0 radical (unpaired) electrons. The fourth-order valence-electron chi connectivity index (χ4n) is 2.09. The van der Waals surface area contributed by atoms with Crippen molar-refractivity contribution < 1.29 is 23.2 Å². The lowest BCUT2D eigenvalue weighted by Gasteiger charge is -2.32. The molecule has 0 saturated carbocycles. The number of cyclic esters (lactones) is 1. The van der Waals surface area contributed by atoms with E-state index >= 15 is 0 Å². The molecule has 0 spiro atoms. The Kier molecular flexibility index (Phi) is 3.86. The lowest BCUT2D eigenvalue weighted by Crippen LogP contribution is -2.41. The van der Waals surface area contributed by atoms with Gasteiger partial charge in [-0.05, 0) is 40.7 Å². The molecule has 0 aromatic rings. The SMILES string of the molecule is CCN1CC(C=C(F)B2OC(C)(C)C(C)(C)O2)OC1=O. The Balaban J connectivity index is 2.04. The first kappa shape index (κ1) is 15.3. The summed E-state index contributed by atoms with van der Waals surface area (Å²) in [6, 6.07) is 0. The van der Waals surface area contributed by atoms with Crippen molar-refractivity contribution in [2.24, 2.45) is 0 Å². The van der Waals surface area contributed by atoms with Crippen molar-refractivity contribution in [2.75, 3.05) is 13.1 Å². The molecule has 2 saturated heterocycles. The minimum atomic E-state index is -1.05. The summed E-state index contributed by atoms with van der Waals surface area (Å²) in [4.78, 5) is 12.9. The van der Waals surface area contributed by atoms with Gasteiger partial charge in [-0.25, -0.2) is 9.18 Å². The average Bonchev–Trinajstić information content (AvgIpc) is 2.77. The fraction of sp³-hybridized carbons (Fsp3) is 0.769.